The number of carbonyl (C=O) groups is 2. The van der Waals surface area contributed by atoms with Crippen LogP contribution in [0.25, 0.3) is 6.08 Å². The van der Waals surface area contributed by atoms with Gasteiger partial charge in [0.2, 0.25) is 11.8 Å². The van der Waals surface area contributed by atoms with Crippen molar-refractivity contribution in [2.24, 2.45) is 0 Å². The molecule has 1 aromatic carbocycles. The van der Waals surface area contributed by atoms with E-state index in [0.29, 0.717) is 19.5 Å². The molecular formula is C18H22N2O2. The molecule has 0 spiro atoms. The lowest BCUT2D eigenvalue weighted by Crippen LogP contribution is -2.58. The molecule has 2 heterocycles. The van der Waals surface area contributed by atoms with Crippen molar-refractivity contribution in [2.75, 3.05) is 13.1 Å². The fourth-order valence-electron chi connectivity index (χ4n) is 3.46. The maximum Gasteiger partial charge on any atom is 0.245 e. The number of fused-ring (bicyclic) bond motifs is 2. The standard InChI is InChI=1S/C18H22N2O2/c1-2-17(21)20-15-10-11-16(20)18(22)19(13-15)12-6-9-14-7-4-3-5-8-14/h3-9,15-16H,2,10-13H2,1H3. The molecule has 4 nitrogen and oxygen atoms in total. The zero-order chi connectivity index (χ0) is 15.5. The first-order chi connectivity index (χ1) is 10.7. The van der Waals surface area contributed by atoms with E-state index < -0.39 is 0 Å². The Labute approximate surface area is 131 Å². The number of hydrogen-bond acceptors (Lipinski definition) is 2. The Kier molecular flexibility index (Phi) is 4.27. The molecule has 0 saturated carbocycles. The number of hydrogen-bond donors (Lipinski definition) is 0. The second-order valence-electron chi connectivity index (χ2n) is 5.96. The van der Waals surface area contributed by atoms with E-state index >= 15 is 0 Å². The average Bonchev–Trinajstić information content (AvgIpc) is 2.90. The van der Waals surface area contributed by atoms with Crippen molar-refractivity contribution in [2.45, 2.75) is 38.3 Å². The Morgan fingerprint density at radius 2 is 2.05 bits per heavy atom. The highest BCUT2D eigenvalue weighted by Gasteiger charge is 2.46. The van der Waals surface area contributed by atoms with Crippen molar-refractivity contribution >= 4 is 17.9 Å². The second kappa shape index (κ2) is 6.34. The molecule has 116 valence electrons. The van der Waals surface area contributed by atoms with Crippen molar-refractivity contribution in [3.8, 4) is 0 Å². The van der Waals surface area contributed by atoms with Gasteiger partial charge in [0.15, 0.2) is 0 Å². The number of piperazine rings is 1. The first kappa shape index (κ1) is 14.8. The van der Waals surface area contributed by atoms with Crippen molar-refractivity contribution in [1.29, 1.82) is 0 Å². The van der Waals surface area contributed by atoms with Crippen LogP contribution in [0.15, 0.2) is 36.4 Å². The number of rotatable bonds is 4. The van der Waals surface area contributed by atoms with Crippen LogP contribution >= 0.6 is 0 Å². The summed E-state index contributed by atoms with van der Waals surface area (Å²) in [6.07, 6.45) is 6.31. The van der Waals surface area contributed by atoms with Gasteiger partial charge in [0, 0.05) is 19.5 Å². The molecule has 1 aromatic rings. The van der Waals surface area contributed by atoms with E-state index in [4.69, 9.17) is 0 Å². The molecule has 2 bridgehead atoms. The summed E-state index contributed by atoms with van der Waals surface area (Å²) in [5, 5.41) is 0. The number of amides is 2. The summed E-state index contributed by atoms with van der Waals surface area (Å²) in [6, 6.07) is 10.1. The largest absolute Gasteiger partial charge is 0.335 e. The quantitative estimate of drug-likeness (QED) is 0.856. The molecule has 2 aliphatic rings. The van der Waals surface area contributed by atoms with Crippen LogP contribution in [-0.4, -0.2) is 46.8 Å². The third kappa shape index (κ3) is 2.78. The molecular weight excluding hydrogens is 276 g/mol. The van der Waals surface area contributed by atoms with Crippen LogP contribution in [0.4, 0.5) is 0 Å². The topological polar surface area (TPSA) is 40.6 Å². The summed E-state index contributed by atoms with van der Waals surface area (Å²) in [4.78, 5) is 28.3. The molecule has 2 amide bonds. The molecule has 0 aliphatic carbocycles. The Morgan fingerprint density at radius 1 is 1.27 bits per heavy atom. The van der Waals surface area contributed by atoms with Gasteiger partial charge in [-0.3, -0.25) is 9.59 Å². The van der Waals surface area contributed by atoms with Gasteiger partial charge in [-0.25, -0.2) is 0 Å². The van der Waals surface area contributed by atoms with Crippen LogP contribution in [0, 0.1) is 0 Å². The fourth-order valence-corrected chi connectivity index (χ4v) is 3.46. The fraction of sp³-hybridized carbons (Fsp3) is 0.444. The van der Waals surface area contributed by atoms with Gasteiger partial charge in [0.25, 0.3) is 0 Å². The van der Waals surface area contributed by atoms with E-state index in [0.717, 1.165) is 18.4 Å². The molecule has 0 aromatic heterocycles. The zero-order valence-corrected chi connectivity index (χ0v) is 12.9. The van der Waals surface area contributed by atoms with Crippen molar-refractivity contribution < 1.29 is 9.59 Å². The Bertz CT molecular complexity index is 582. The first-order valence-electron chi connectivity index (χ1n) is 8.02. The molecule has 2 unspecified atom stereocenters. The molecule has 2 fully saturated rings. The predicted octanol–water partition coefficient (Wildman–Crippen LogP) is 2.31. The molecule has 3 rings (SSSR count). The van der Waals surface area contributed by atoms with E-state index in [1.165, 1.54) is 0 Å². The summed E-state index contributed by atoms with van der Waals surface area (Å²) >= 11 is 0. The highest BCUT2D eigenvalue weighted by Crippen LogP contribution is 2.31. The van der Waals surface area contributed by atoms with E-state index in [9.17, 15) is 9.59 Å². The monoisotopic (exact) mass is 298 g/mol. The van der Waals surface area contributed by atoms with E-state index in [-0.39, 0.29) is 23.9 Å². The predicted molar refractivity (Wildman–Crippen MR) is 86.0 cm³/mol. The molecule has 4 heteroatoms. The summed E-state index contributed by atoms with van der Waals surface area (Å²) < 4.78 is 0. The maximum atomic E-state index is 12.6. The van der Waals surface area contributed by atoms with Crippen LogP contribution in [-0.2, 0) is 9.59 Å². The third-order valence-electron chi connectivity index (χ3n) is 4.56. The zero-order valence-electron chi connectivity index (χ0n) is 12.9. The average molecular weight is 298 g/mol. The van der Waals surface area contributed by atoms with Gasteiger partial charge in [-0.05, 0) is 18.4 Å². The van der Waals surface area contributed by atoms with Crippen molar-refractivity contribution in [1.82, 2.24) is 9.80 Å². The van der Waals surface area contributed by atoms with Gasteiger partial charge in [-0.2, -0.15) is 0 Å². The molecule has 2 atom stereocenters. The minimum Gasteiger partial charge on any atom is -0.335 e. The first-order valence-corrected chi connectivity index (χ1v) is 8.02. The van der Waals surface area contributed by atoms with Crippen molar-refractivity contribution in [3.63, 3.8) is 0 Å². The number of benzene rings is 1. The van der Waals surface area contributed by atoms with Crippen LogP contribution in [0.5, 0.6) is 0 Å². The van der Waals surface area contributed by atoms with Gasteiger partial charge in [0.05, 0.1) is 6.04 Å². The van der Waals surface area contributed by atoms with Crippen molar-refractivity contribution in [3.05, 3.63) is 42.0 Å². The number of nitrogens with zero attached hydrogens (tertiary/aromatic N) is 2. The number of carbonyl (C=O) groups excluding carboxylic acids is 2. The number of likely N-dealkylation sites (tertiary alicyclic amines) is 1. The van der Waals surface area contributed by atoms with Gasteiger partial charge in [0.1, 0.15) is 6.04 Å². The highest BCUT2D eigenvalue weighted by atomic mass is 16.2. The van der Waals surface area contributed by atoms with Crippen LogP contribution in [0.2, 0.25) is 0 Å². The smallest absolute Gasteiger partial charge is 0.245 e. The van der Waals surface area contributed by atoms with E-state index in [1.54, 1.807) is 0 Å². The lowest BCUT2D eigenvalue weighted by molar-refractivity contribution is -0.150. The second-order valence-corrected chi connectivity index (χ2v) is 5.96. The third-order valence-corrected chi connectivity index (χ3v) is 4.56. The van der Waals surface area contributed by atoms with Gasteiger partial charge in [-0.15, -0.1) is 0 Å². The molecule has 0 N–H and O–H groups in total. The van der Waals surface area contributed by atoms with Crippen LogP contribution in [0.1, 0.15) is 31.7 Å². The lowest BCUT2D eigenvalue weighted by Gasteiger charge is -2.40. The van der Waals surface area contributed by atoms with E-state index in [2.05, 4.69) is 0 Å². The van der Waals surface area contributed by atoms with Gasteiger partial charge < -0.3 is 9.80 Å². The minimum atomic E-state index is -0.226. The van der Waals surface area contributed by atoms with E-state index in [1.807, 2.05) is 59.2 Å². The van der Waals surface area contributed by atoms with Crippen LogP contribution < -0.4 is 0 Å². The SMILES string of the molecule is CCC(=O)N1C2CCC1C(=O)N(CC=Cc1ccccc1)C2. The maximum absolute atomic E-state index is 12.6. The summed E-state index contributed by atoms with van der Waals surface area (Å²) in [5.74, 6) is 0.216. The summed E-state index contributed by atoms with van der Waals surface area (Å²) in [6.45, 7) is 3.15. The van der Waals surface area contributed by atoms with Crippen LogP contribution in [0.3, 0.4) is 0 Å². The van der Waals surface area contributed by atoms with Gasteiger partial charge in [-0.1, -0.05) is 49.4 Å². The normalized spacial score (nSPS) is 24.3. The Balaban J connectivity index is 1.64. The molecule has 2 saturated heterocycles. The summed E-state index contributed by atoms with van der Waals surface area (Å²) in [5.41, 5.74) is 1.14. The Morgan fingerprint density at radius 3 is 2.77 bits per heavy atom. The molecule has 0 radical (unpaired) electrons. The summed E-state index contributed by atoms with van der Waals surface area (Å²) in [7, 11) is 0. The van der Waals surface area contributed by atoms with Gasteiger partial charge >= 0.3 is 0 Å². The Hall–Kier alpha value is -2.10. The minimum absolute atomic E-state index is 0.105. The lowest BCUT2D eigenvalue weighted by atomic mass is 10.1. The highest BCUT2D eigenvalue weighted by molar-refractivity contribution is 5.90. The molecule has 22 heavy (non-hydrogen) atoms. The molecule has 2 aliphatic heterocycles.